The van der Waals surface area contributed by atoms with Crippen molar-refractivity contribution >= 4 is 0 Å². The van der Waals surface area contributed by atoms with Gasteiger partial charge in [0, 0.05) is 19.1 Å². The van der Waals surface area contributed by atoms with Crippen LogP contribution in [0, 0.1) is 0 Å². The van der Waals surface area contributed by atoms with E-state index < -0.39 is 0 Å². The fraction of sp³-hybridized carbons (Fsp3) is 0.538. The average Bonchev–Trinajstić information content (AvgIpc) is 2.24. The van der Waals surface area contributed by atoms with Crippen LogP contribution >= 0.6 is 0 Å². The summed E-state index contributed by atoms with van der Waals surface area (Å²) < 4.78 is 0. The smallest absolute Gasteiger partial charge is 0.0567 e. The number of nitrogens with zero attached hydrogens (tertiary/aromatic N) is 1. The van der Waals surface area contributed by atoms with Gasteiger partial charge in [-0.05, 0) is 25.3 Å². The van der Waals surface area contributed by atoms with Gasteiger partial charge in [0.2, 0.25) is 0 Å². The van der Waals surface area contributed by atoms with Gasteiger partial charge in [0.05, 0.1) is 6.10 Å². The molecular formula is C13H19NO. The predicted octanol–water partition coefficient (Wildman–Crippen LogP) is 2.03. The van der Waals surface area contributed by atoms with Crippen LogP contribution < -0.4 is 0 Å². The predicted molar refractivity (Wildman–Crippen MR) is 61.6 cm³/mol. The maximum atomic E-state index is 9.54. The van der Waals surface area contributed by atoms with E-state index in [9.17, 15) is 5.11 Å². The summed E-state index contributed by atoms with van der Waals surface area (Å²) in [6, 6.07) is 11.0. The van der Waals surface area contributed by atoms with E-state index in [1.54, 1.807) is 0 Å². The summed E-state index contributed by atoms with van der Waals surface area (Å²) in [5.41, 5.74) is 1.36. The van der Waals surface area contributed by atoms with E-state index in [-0.39, 0.29) is 6.10 Å². The fourth-order valence-corrected chi connectivity index (χ4v) is 2.25. The summed E-state index contributed by atoms with van der Waals surface area (Å²) in [5, 5.41) is 9.54. The summed E-state index contributed by atoms with van der Waals surface area (Å²) >= 11 is 0. The Morgan fingerprint density at radius 2 is 2.07 bits per heavy atom. The van der Waals surface area contributed by atoms with Crippen molar-refractivity contribution in [2.45, 2.75) is 38.5 Å². The highest BCUT2D eigenvalue weighted by atomic mass is 16.3. The second-order valence-electron chi connectivity index (χ2n) is 4.48. The van der Waals surface area contributed by atoms with Crippen LogP contribution in [-0.4, -0.2) is 28.7 Å². The Balaban J connectivity index is 1.95. The van der Waals surface area contributed by atoms with Crippen molar-refractivity contribution in [1.82, 2.24) is 4.90 Å². The van der Waals surface area contributed by atoms with Gasteiger partial charge < -0.3 is 5.11 Å². The number of piperidine rings is 1. The van der Waals surface area contributed by atoms with Crippen molar-refractivity contribution < 1.29 is 5.11 Å². The highest BCUT2D eigenvalue weighted by Gasteiger charge is 2.23. The Labute approximate surface area is 91.5 Å². The molecule has 1 saturated heterocycles. The van der Waals surface area contributed by atoms with Gasteiger partial charge >= 0.3 is 0 Å². The molecule has 0 bridgehead atoms. The quantitative estimate of drug-likeness (QED) is 0.798. The first-order valence-corrected chi connectivity index (χ1v) is 5.72. The largest absolute Gasteiger partial charge is 0.393 e. The summed E-state index contributed by atoms with van der Waals surface area (Å²) in [4.78, 5) is 2.45. The minimum absolute atomic E-state index is 0.0907. The van der Waals surface area contributed by atoms with Crippen LogP contribution in [0.4, 0.5) is 0 Å². The molecule has 2 unspecified atom stereocenters. The maximum absolute atomic E-state index is 9.54. The van der Waals surface area contributed by atoms with Gasteiger partial charge in [-0.15, -0.1) is 0 Å². The number of hydrogen-bond acceptors (Lipinski definition) is 2. The molecule has 15 heavy (non-hydrogen) atoms. The van der Waals surface area contributed by atoms with Gasteiger partial charge in [-0.1, -0.05) is 30.3 Å². The summed E-state index contributed by atoms with van der Waals surface area (Å²) in [6.07, 6.45) is 1.73. The highest BCUT2D eigenvalue weighted by Crippen LogP contribution is 2.19. The molecule has 1 aliphatic rings. The lowest BCUT2D eigenvalue weighted by Crippen LogP contribution is -2.41. The molecule has 0 radical (unpaired) electrons. The zero-order valence-electron chi connectivity index (χ0n) is 9.26. The first kappa shape index (κ1) is 10.7. The molecule has 0 spiro atoms. The van der Waals surface area contributed by atoms with E-state index in [0.717, 1.165) is 25.9 Å². The van der Waals surface area contributed by atoms with Crippen LogP contribution in [-0.2, 0) is 6.54 Å². The van der Waals surface area contributed by atoms with Crippen molar-refractivity contribution in [3.8, 4) is 0 Å². The molecule has 0 aliphatic carbocycles. The topological polar surface area (TPSA) is 23.5 Å². The lowest BCUT2D eigenvalue weighted by Gasteiger charge is -2.35. The first-order valence-electron chi connectivity index (χ1n) is 5.72. The minimum Gasteiger partial charge on any atom is -0.393 e. The highest BCUT2D eigenvalue weighted by molar-refractivity contribution is 5.14. The Morgan fingerprint density at radius 1 is 1.33 bits per heavy atom. The van der Waals surface area contributed by atoms with Gasteiger partial charge in [0.15, 0.2) is 0 Å². The summed E-state index contributed by atoms with van der Waals surface area (Å²) in [5.74, 6) is 0. The van der Waals surface area contributed by atoms with Crippen LogP contribution in [0.25, 0.3) is 0 Å². The van der Waals surface area contributed by atoms with Crippen molar-refractivity contribution in [3.05, 3.63) is 35.9 Å². The van der Waals surface area contributed by atoms with E-state index >= 15 is 0 Å². The molecule has 0 aromatic heterocycles. The fourth-order valence-electron chi connectivity index (χ4n) is 2.25. The van der Waals surface area contributed by atoms with Crippen LogP contribution in [0.3, 0.4) is 0 Å². The molecule has 1 aromatic carbocycles. The number of hydrogen-bond donors (Lipinski definition) is 1. The zero-order valence-corrected chi connectivity index (χ0v) is 9.26. The zero-order chi connectivity index (χ0) is 10.7. The van der Waals surface area contributed by atoms with Crippen molar-refractivity contribution in [2.24, 2.45) is 0 Å². The summed E-state index contributed by atoms with van der Waals surface area (Å²) in [7, 11) is 0. The molecule has 2 rings (SSSR count). The van der Waals surface area contributed by atoms with Crippen molar-refractivity contribution in [2.75, 3.05) is 6.54 Å². The molecule has 2 heteroatoms. The van der Waals surface area contributed by atoms with Crippen LogP contribution in [0.2, 0.25) is 0 Å². The minimum atomic E-state index is -0.0907. The maximum Gasteiger partial charge on any atom is 0.0567 e. The van der Waals surface area contributed by atoms with Gasteiger partial charge in [0.25, 0.3) is 0 Å². The van der Waals surface area contributed by atoms with Crippen LogP contribution in [0.1, 0.15) is 25.3 Å². The molecule has 1 aliphatic heterocycles. The Hall–Kier alpha value is -0.860. The Morgan fingerprint density at radius 3 is 2.73 bits per heavy atom. The SMILES string of the molecule is CC1CC(O)CCN1Cc1ccccc1. The number of aliphatic hydroxyl groups is 1. The van der Waals surface area contributed by atoms with Crippen LogP contribution in [0.15, 0.2) is 30.3 Å². The molecule has 2 atom stereocenters. The molecular weight excluding hydrogens is 186 g/mol. The van der Waals surface area contributed by atoms with E-state index in [4.69, 9.17) is 0 Å². The second kappa shape index (κ2) is 4.77. The normalized spacial score (nSPS) is 27.9. The van der Waals surface area contributed by atoms with Gasteiger partial charge in [0.1, 0.15) is 0 Å². The van der Waals surface area contributed by atoms with Crippen molar-refractivity contribution in [1.29, 1.82) is 0 Å². The number of rotatable bonds is 2. The van der Waals surface area contributed by atoms with E-state index in [1.807, 2.05) is 6.07 Å². The molecule has 1 heterocycles. The van der Waals surface area contributed by atoms with E-state index in [2.05, 4.69) is 36.1 Å². The average molecular weight is 205 g/mol. The summed E-state index contributed by atoms with van der Waals surface area (Å²) in [6.45, 7) is 4.22. The van der Waals surface area contributed by atoms with E-state index in [0.29, 0.717) is 6.04 Å². The van der Waals surface area contributed by atoms with Crippen LogP contribution in [0.5, 0.6) is 0 Å². The second-order valence-corrected chi connectivity index (χ2v) is 4.48. The molecule has 0 saturated carbocycles. The number of likely N-dealkylation sites (tertiary alicyclic amines) is 1. The first-order chi connectivity index (χ1) is 7.25. The molecule has 1 N–H and O–H groups in total. The lowest BCUT2D eigenvalue weighted by molar-refractivity contribution is 0.0442. The standard InChI is InChI=1S/C13H19NO/c1-11-9-13(15)7-8-14(11)10-12-5-3-2-4-6-12/h2-6,11,13,15H,7-10H2,1H3. The van der Waals surface area contributed by atoms with E-state index in [1.165, 1.54) is 5.56 Å². The van der Waals surface area contributed by atoms with Gasteiger partial charge in [-0.25, -0.2) is 0 Å². The van der Waals surface area contributed by atoms with Gasteiger partial charge in [-0.2, -0.15) is 0 Å². The van der Waals surface area contributed by atoms with Crippen molar-refractivity contribution in [3.63, 3.8) is 0 Å². The third kappa shape index (κ3) is 2.80. The third-order valence-electron chi connectivity index (χ3n) is 3.21. The number of aliphatic hydroxyl groups excluding tert-OH is 1. The molecule has 0 amide bonds. The molecule has 1 fully saturated rings. The Kier molecular flexibility index (Phi) is 3.39. The number of benzene rings is 1. The third-order valence-corrected chi connectivity index (χ3v) is 3.21. The Bertz CT molecular complexity index is 299. The monoisotopic (exact) mass is 205 g/mol. The molecule has 2 nitrogen and oxygen atoms in total. The molecule has 82 valence electrons. The lowest BCUT2D eigenvalue weighted by atomic mass is 10.00. The van der Waals surface area contributed by atoms with Gasteiger partial charge in [-0.3, -0.25) is 4.90 Å². The molecule has 1 aromatic rings.